The van der Waals surface area contributed by atoms with Crippen LogP contribution in [0.25, 0.3) is 0 Å². The highest BCUT2D eigenvalue weighted by Crippen LogP contribution is 2.29. The van der Waals surface area contributed by atoms with Crippen LogP contribution in [0.15, 0.2) is 59.2 Å². The monoisotopic (exact) mass is 378 g/mol. The summed E-state index contributed by atoms with van der Waals surface area (Å²) in [6.07, 6.45) is 1.46. The minimum Gasteiger partial charge on any atom is -0.439 e. The van der Waals surface area contributed by atoms with Gasteiger partial charge < -0.3 is 9.47 Å². The second kappa shape index (κ2) is 6.70. The molecule has 3 aromatic rings. The first-order valence-corrected chi connectivity index (χ1v) is 7.29. The van der Waals surface area contributed by atoms with Crippen LogP contribution in [0.3, 0.4) is 0 Å². The van der Waals surface area contributed by atoms with Gasteiger partial charge in [0.2, 0.25) is 5.88 Å². The summed E-state index contributed by atoms with van der Waals surface area (Å²) < 4.78 is 37.3. The second-order valence-electron chi connectivity index (χ2n) is 4.41. The van der Waals surface area contributed by atoms with Crippen molar-refractivity contribution in [2.24, 2.45) is 0 Å². The van der Waals surface area contributed by atoms with Crippen molar-refractivity contribution in [3.8, 4) is 23.4 Å². The maximum absolute atomic E-state index is 13.1. The molecule has 0 spiro atoms. The zero-order valence-electron chi connectivity index (χ0n) is 11.5. The van der Waals surface area contributed by atoms with Gasteiger partial charge in [0.25, 0.3) is 0 Å². The topological polar surface area (TPSA) is 44.2 Å². The molecule has 0 N–H and O–H groups in total. The first kappa shape index (κ1) is 15.4. The van der Waals surface area contributed by atoms with Crippen LogP contribution in [0.2, 0.25) is 0 Å². The highest BCUT2D eigenvalue weighted by molar-refractivity contribution is 9.10. The smallest absolute Gasteiger partial charge is 0.325 e. The Hall–Kier alpha value is -2.54. The van der Waals surface area contributed by atoms with Gasteiger partial charge in [0.15, 0.2) is 0 Å². The van der Waals surface area contributed by atoms with E-state index < -0.39 is 5.82 Å². The van der Waals surface area contributed by atoms with Gasteiger partial charge in [0.05, 0.1) is 4.47 Å². The van der Waals surface area contributed by atoms with Crippen LogP contribution in [-0.4, -0.2) is 9.97 Å². The summed E-state index contributed by atoms with van der Waals surface area (Å²) in [5.74, 6) is 0.285. The van der Waals surface area contributed by atoms with Gasteiger partial charge in [-0.2, -0.15) is 4.98 Å². The van der Waals surface area contributed by atoms with Crippen molar-refractivity contribution in [1.82, 2.24) is 9.97 Å². The first-order valence-electron chi connectivity index (χ1n) is 6.49. The van der Waals surface area contributed by atoms with Gasteiger partial charge in [-0.05, 0) is 58.4 Å². The molecule has 0 bridgehead atoms. The lowest BCUT2D eigenvalue weighted by molar-refractivity contribution is 0.409. The third-order valence-electron chi connectivity index (χ3n) is 2.74. The molecule has 0 amide bonds. The van der Waals surface area contributed by atoms with E-state index in [1.165, 1.54) is 54.7 Å². The van der Waals surface area contributed by atoms with Crippen LogP contribution in [0.4, 0.5) is 8.78 Å². The van der Waals surface area contributed by atoms with E-state index in [2.05, 4.69) is 25.9 Å². The summed E-state index contributed by atoms with van der Waals surface area (Å²) in [7, 11) is 0. The van der Waals surface area contributed by atoms with E-state index in [0.29, 0.717) is 16.0 Å². The number of benzene rings is 2. The van der Waals surface area contributed by atoms with E-state index >= 15 is 0 Å². The van der Waals surface area contributed by atoms with Crippen molar-refractivity contribution < 1.29 is 18.3 Å². The highest BCUT2D eigenvalue weighted by Gasteiger charge is 2.08. The van der Waals surface area contributed by atoms with Gasteiger partial charge in [0.1, 0.15) is 23.1 Å². The third-order valence-corrected chi connectivity index (χ3v) is 3.36. The van der Waals surface area contributed by atoms with Crippen LogP contribution in [0.5, 0.6) is 23.4 Å². The van der Waals surface area contributed by atoms with Gasteiger partial charge in [0, 0.05) is 12.3 Å². The summed E-state index contributed by atoms with van der Waals surface area (Å²) in [5, 5.41) is 0. The molecule has 0 fully saturated rings. The molecule has 7 heteroatoms. The largest absolute Gasteiger partial charge is 0.439 e. The van der Waals surface area contributed by atoms with Crippen molar-refractivity contribution >= 4 is 15.9 Å². The Labute approximate surface area is 138 Å². The third kappa shape index (κ3) is 4.01. The lowest BCUT2D eigenvalue weighted by atomic mass is 10.3. The average molecular weight is 379 g/mol. The van der Waals surface area contributed by atoms with E-state index in [4.69, 9.17) is 9.47 Å². The van der Waals surface area contributed by atoms with E-state index in [1.807, 2.05) is 0 Å². The fourth-order valence-electron chi connectivity index (χ4n) is 1.71. The Morgan fingerprint density at radius 3 is 2.35 bits per heavy atom. The molecule has 0 saturated heterocycles. The number of aromatic nitrogens is 2. The Kier molecular flexibility index (Phi) is 4.47. The van der Waals surface area contributed by atoms with E-state index in [0.717, 1.165) is 0 Å². The summed E-state index contributed by atoms with van der Waals surface area (Å²) in [6, 6.07) is 11.1. The molecule has 3 rings (SSSR count). The molecule has 0 aliphatic heterocycles. The Bertz CT molecular complexity index is 829. The molecule has 1 heterocycles. The number of nitrogens with zero attached hydrogens (tertiary/aromatic N) is 2. The number of hydrogen-bond acceptors (Lipinski definition) is 4. The fourth-order valence-corrected chi connectivity index (χ4v) is 2.14. The Balaban J connectivity index is 1.78. The minimum absolute atomic E-state index is 0.0388. The van der Waals surface area contributed by atoms with Crippen molar-refractivity contribution in [2.45, 2.75) is 0 Å². The van der Waals surface area contributed by atoms with Crippen LogP contribution in [0, 0.1) is 11.6 Å². The summed E-state index contributed by atoms with van der Waals surface area (Å²) in [5.41, 5.74) is 0. The summed E-state index contributed by atoms with van der Waals surface area (Å²) >= 11 is 3.20. The molecular weight excluding hydrogens is 370 g/mol. The molecule has 0 aliphatic carbocycles. The van der Waals surface area contributed by atoms with Gasteiger partial charge in [-0.3, -0.25) is 0 Å². The normalized spacial score (nSPS) is 10.4. The van der Waals surface area contributed by atoms with Crippen LogP contribution in [0.1, 0.15) is 0 Å². The summed E-state index contributed by atoms with van der Waals surface area (Å²) in [4.78, 5) is 8.05. The zero-order valence-corrected chi connectivity index (χ0v) is 13.1. The second-order valence-corrected chi connectivity index (χ2v) is 5.26. The predicted molar refractivity (Wildman–Crippen MR) is 82.7 cm³/mol. The van der Waals surface area contributed by atoms with Crippen LogP contribution in [-0.2, 0) is 0 Å². The van der Waals surface area contributed by atoms with Gasteiger partial charge in [-0.25, -0.2) is 13.8 Å². The van der Waals surface area contributed by atoms with Gasteiger partial charge in [-0.15, -0.1) is 0 Å². The molecule has 0 unspecified atom stereocenters. The number of hydrogen-bond donors (Lipinski definition) is 0. The van der Waals surface area contributed by atoms with Gasteiger partial charge in [-0.1, -0.05) is 0 Å². The van der Waals surface area contributed by atoms with Gasteiger partial charge >= 0.3 is 6.01 Å². The van der Waals surface area contributed by atoms with E-state index in [9.17, 15) is 8.78 Å². The number of halogens is 3. The number of ether oxygens (including phenoxy) is 2. The SMILES string of the molecule is Fc1ccc(Oc2ccnc(Oc3ccc(F)cc3Br)n2)cc1. The van der Waals surface area contributed by atoms with Crippen LogP contribution < -0.4 is 9.47 Å². The molecule has 23 heavy (non-hydrogen) atoms. The number of rotatable bonds is 4. The Morgan fingerprint density at radius 2 is 1.61 bits per heavy atom. The molecule has 0 radical (unpaired) electrons. The molecule has 4 nitrogen and oxygen atoms in total. The maximum atomic E-state index is 13.1. The van der Waals surface area contributed by atoms with E-state index in [-0.39, 0.29) is 17.7 Å². The molecular formula is C16H9BrF2N2O2. The molecule has 116 valence electrons. The Morgan fingerprint density at radius 1 is 0.870 bits per heavy atom. The van der Waals surface area contributed by atoms with E-state index in [1.54, 1.807) is 0 Å². The van der Waals surface area contributed by atoms with Crippen molar-refractivity contribution in [1.29, 1.82) is 0 Å². The molecule has 0 saturated carbocycles. The maximum Gasteiger partial charge on any atom is 0.325 e. The summed E-state index contributed by atoms with van der Waals surface area (Å²) in [6.45, 7) is 0. The zero-order chi connectivity index (χ0) is 16.2. The van der Waals surface area contributed by atoms with Crippen LogP contribution >= 0.6 is 15.9 Å². The first-order chi connectivity index (χ1) is 11.1. The fraction of sp³-hybridized carbons (Fsp3) is 0. The molecule has 0 aliphatic rings. The minimum atomic E-state index is -0.390. The van der Waals surface area contributed by atoms with Crippen molar-refractivity contribution in [3.05, 3.63) is 70.8 Å². The standard InChI is InChI=1S/C16H9BrF2N2O2/c17-13-9-11(19)3-6-14(13)23-16-20-8-7-15(21-16)22-12-4-1-10(18)2-5-12/h1-9H. The van der Waals surface area contributed by atoms with Crippen molar-refractivity contribution in [2.75, 3.05) is 0 Å². The lowest BCUT2D eigenvalue weighted by Crippen LogP contribution is -1.95. The quantitative estimate of drug-likeness (QED) is 0.633. The molecule has 0 atom stereocenters. The van der Waals surface area contributed by atoms with Crippen molar-refractivity contribution in [3.63, 3.8) is 0 Å². The predicted octanol–water partition coefficient (Wildman–Crippen LogP) is 5.10. The highest BCUT2D eigenvalue weighted by atomic mass is 79.9. The molecule has 2 aromatic carbocycles. The molecule has 1 aromatic heterocycles. The lowest BCUT2D eigenvalue weighted by Gasteiger charge is -2.08. The average Bonchev–Trinajstić information content (AvgIpc) is 2.53.